The normalized spacial score (nSPS) is 10.1. The van der Waals surface area contributed by atoms with Gasteiger partial charge >= 0.3 is 6.03 Å². The van der Waals surface area contributed by atoms with Crippen molar-refractivity contribution in [2.24, 2.45) is 0 Å². The number of hydrogen-bond donors (Lipinski definition) is 3. The molecule has 4 nitrogen and oxygen atoms in total. The van der Waals surface area contributed by atoms with Gasteiger partial charge in [0.15, 0.2) is 0 Å². The fourth-order valence-corrected chi connectivity index (χ4v) is 1.88. The summed E-state index contributed by atoms with van der Waals surface area (Å²) < 4.78 is 0. The smallest absolute Gasteiger partial charge is 0.314 e. The standard InChI is InChI=1S/C11H14Cl2N2O2/c12-9-5-8(6-10(13)7-9)1-2-14-11(17)15-3-4-16/h5-7,16H,1-4H2,(H2,14,15,17). The van der Waals surface area contributed by atoms with Crippen molar-refractivity contribution in [1.82, 2.24) is 10.6 Å². The van der Waals surface area contributed by atoms with Gasteiger partial charge < -0.3 is 15.7 Å². The second-order valence-corrected chi connectivity index (χ2v) is 4.31. The highest BCUT2D eigenvalue weighted by Gasteiger charge is 2.01. The van der Waals surface area contributed by atoms with Crippen LogP contribution in [0.5, 0.6) is 0 Å². The van der Waals surface area contributed by atoms with Gasteiger partial charge in [-0.3, -0.25) is 0 Å². The number of rotatable bonds is 5. The molecular weight excluding hydrogens is 263 g/mol. The Labute approximate surface area is 110 Å². The van der Waals surface area contributed by atoms with E-state index in [0.29, 0.717) is 23.0 Å². The number of urea groups is 1. The molecule has 6 heteroatoms. The number of hydrogen-bond acceptors (Lipinski definition) is 2. The molecule has 1 aromatic carbocycles. The third kappa shape index (κ3) is 5.77. The molecule has 0 bridgehead atoms. The van der Waals surface area contributed by atoms with Crippen LogP contribution in [-0.4, -0.2) is 30.8 Å². The van der Waals surface area contributed by atoms with Crippen LogP contribution in [0.15, 0.2) is 18.2 Å². The number of carbonyl (C=O) groups excluding carboxylic acids is 1. The molecule has 94 valence electrons. The highest BCUT2D eigenvalue weighted by molar-refractivity contribution is 6.34. The highest BCUT2D eigenvalue weighted by atomic mass is 35.5. The second-order valence-electron chi connectivity index (χ2n) is 3.43. The number of amides is 2. The maximum absolute atomic E-state index is 11.1. The SMILES string of the molecule is O=C(NCCO)NCCc1cc(Cl)cc(Cl)c1. The maximum Gasteiger partial charge on any atom is 0.314 e. The number of benzene rings is 1. The van der Waals surface area contributed by atoms with Gasteiger partial charge in [-0.25, -0.2) is 4.79 Å². The molecule has 0 spiro atoms. The summed E-state index contributed by atoms with van der Waals surface area (Å²) in [6.07, 6.45) is 0.646. The molecule has 0 saturated heterocycles. The molecule has 2 amide bonds. The molecule has 17 heavy (non-hydrogen) atoms. The van der Waals surface area contributed by atoms with Crippen LogP contribution in [0.4, 0.5) is 4.79 Å². The van der Waals surface area contributed by atoms with Crippen molar-refractivity contribution in [2.45, 2.75) is 6.42 Å². The summed E-state index contributed by atoms with van der Waals surface area (Å²) in [6.45, 7) is 0.653. The first kappa shape index (κ1) is 14.1. The molecule has 0 saturated carbocycles. The first-order valence-corrected chi connectivity index (χ1v) is 5.95. The van der Waals surface area contributed by atoms with Crippen molar-refractivity contribution in [1.29, 1.82) is 0 Å². The molecule has 0 aromatic heterocycles. The molecule has 0 aliphatic carbocycles. The lowest BCUT2D eigenvalue weighted by Crippen LogP contribution is -2.37. The van der Waals surface area contributed by atoms with Gasteiger partial charge in [-0.1, -0.05) is 23.2 Å². The Hall–Kier alpha value is -0.970. The summed E-state index contributed by atoms with van der Waals surface area (Å²) in [5.74, 6) is 0. The molecule has 1 rings (SSSR count). The summed E-state index contributed by atoms with van der Waals surface area (Å²) in [5.41, 5.74) is 0.963. The maximum atomic E-state index is 11.1. The molecule has 1 aromatic rings. The minimum atomic E-state index is -0.299. The summed E-state index contributed by atoms with van der Waals surface area (Å²) in [4.78, 5) is 11.1. The van der Waals surface area contributed by atoms with Gasteiger partial charge in [0.25, 0.3) is 0 Å². The van der Waals surface area contributed by atoms with Crippen molar-refractivity contribution in [2.75, 3.05) is 19.7 Å². The molecule has 0 fully saturated rings. The van der Waals surface area contributed by atoms with Crippen LogP contribution in [0, 0.1) is 0 Å². The first-order chi connectivity index (χ1) is 8.11. The zero-order valence-corrected chi connectivity index (χ0v) is 10.7. The number of nitrogens with one attached hydrogen (secondary N) is 2. The van der Waals surface area contributed by atoms with E-state index in [1.165, 1.54) is 0 Å². The van der Waals surface area contributed by atoms with Gasteiger partial charge in [0.05, 0.1) is 6.61 Å². The molecule has 0 aliphatic heterocycles. The Morgan fingerprint density at radius 3 is 2.29 bits per heavy atom. The van der Waals surface area contributed by atoms with Crippen molar-refractivity contribution in [3.63, 3.8) is 0 Å². The molecule has 0 unspecified atom stereocenters. The average Bonchev–Trinajstić information content (AvgIpc) is 2.25. The zero-order valence-electron chi connectivity index (χ0n) is 9.17. The van der Waals surface area contributed by atoms with E-state index in [0.717, 1.165) is 5.56 Å². The first-order valence-electron chi connectivity index (χ1n) is 5.19. The van der Waals surface area contributed by atoms with E-state index in [2.05, 4.69) is 10.6 Å². The predicted molar refractivity (Wildman–Crippen MR) is 68.7 cm³/mol. The lowest BCUT2D eigenvalue weighted by atomic mass is 10.1. The van der Waals surface area contributed by atoms with Crippen LogP contribution in [0.2, 0.25) is 10.0 Å². The predicted octanol–water partition coefficient (Wildman–Crippen LogP) is 1.83. The number of halogens is 2. The van der Waals surface area contributed by atoms with Gasteiger partial charge in [-0.2, -0.15) is 0 Å². The third-order valence-electron chi connectivity index (χ3n) is 2.02. The quantitative estimate of drug-likeness (QED) is 0.769. The topological polar surface area (TPSA) is 61.4 Å². The molecule has 3 N–H and O–H groups in total. The van der Waals surface area contributed by atoms with Crippen LogP contribution in [-0.2, 0) is 6.42 Å². The van der Waals surface area contributed by atoms with Gasteiger partial charge in [-0.15, -0.1) is 0 Å². The Balaban J connectivity index is 2.33. The van der Waals surface area contributed by atoms with Crippen LogP contribution < -0.4 is 10.6 Å². The Bertz CT molecular complexity index is 365. The minimum Gasteiger partial charge on any atom is -0.395 e. The van der Waals surface area contributed by atoms with Gasteiger partial charge in [0, 0.05) is 23.1 Å². The van der Waals surface area contributed by atoms with Crippen LogP contribution in [0.25, 0.3) is 0 Å². The third-order valence-corrected chi connectivity index (χ3v) is 2.46. The van der Waals surface area contributed by atoms with E-state index in [-0.39, 0.29) is 19.2 Å². The number of aliphatic hydroxyl groups excluding tert-OH is 1. The minimum absolute atomic E-state index is 0.0721. The van der Waals surface area contributed by atoms with Gasteiger partial charge in [0.1, 0.15) is 0 Å². The Kier molecular flexibility index (Phi) is 6.11. The summed E-state index contributed by atoms with van der Waals surface area (Å²) in [7, 11) is 0. The molecule has 0 radical (unpaired) electrons. The highest BCUT2D eigenvalue weighted by Crippen LogP contribution is 2.19. The fourth-order valence-electron chi connectivity index (χ4n) is 1.31. The lowest BCUT2D eigenvalue weighted by Gasteiger charge is -2.07. The average molecular weight is 277 g/mol. The number of aliphatic hydroxyl groups is 1. The van der Waals surface area contributed by atoms with Crippen LogP contribution in [0.1, 0.15) is 5.56 Å². The van der Waals surface area contributed by atoms with Crippen molar-refractivity contribution < 1.29 is 9.90 Å². The zero-order chi connectivity index (χ0) is 12.7. The number of carbonyl (C=O) groups is 1. The van der Waals surface area contributed by atoms with E-state index in [1.807, 2.05) is 0 Å². The van der Waals surface area contributed by atoms with E-state index >= 15 is 0 Å². The Morgan fingerprint density at radius 1 is 1.12 bits per heavy atom. The summed E-state index contributed by atoms with van der Waals surface area (Å²) >= 11 is 11.7. The van der Waals surface area contributed by atoms with Crippen LogP contribution >= 0.6 is 23.2 Å². The van der Waals surface area contributed by atoms with Crippen LogP contribution in [0.3, 0.4) is 0 Å². The summed E-state index contributed by atoms with van der Waals surface area (Å²) in [5, 5.41) is 14.8. The van der Waals surface area contributed by atoms with Crippen molar-refractivity contribution >= 4 is 29.2 Å². The molecule has 0 atom stereocenters. The van der Waals surface area contributed by atoms with E-state index in [1.54, 1.807) is 18.2 Å². The monoisotopic (exact) mass is 276 g/mol. The largest absolute Gasteiger partial charge is 0.395 e. The second kappa shape index (κ2) is 7.37. The Morgan fingerprint density at radius 2 is 1.71 bits per heavy atom. The lowest BCUT2D eigenvalue weighted by molar-refractivity contribution is 0.234. The van der Waals surface area contributed by atoms with Gasteiger partial charge in [0.2, 0.25) is 0 Å². The summed E-state index contributed by atoms with van der Waals surface area (Å²) in [6, 6.07) is 4.97. The molecule has 0 aliphatic rings. The molecular formula is C11H14Cl2N2O2. The van der Waals surface area contributed by atoms with E-state index < -0.39 is 0 Å². The van der Waals surface area contributed by atoms with Crippen molar-refractivity contribution in [3.8, 4) is 0 Å². The fraction of sp³-hybridized carbons (Fsp3) is 0.364. The van der Waals surface area contributed by atoms with Gasteiger partial charge in [-0.05, 0) is 30.2 Å². The molecule has 0 heterocycles. The van der Waals surface area contributed by atoms with E-state index in [4.69, 9.17) is 28.3 Å². The van der Waals surface area contributed by atoms with E-state index in [9.17, 15) is 4.79 Å². The van der Waals surface area contributed by atoms with Crippen molar-refractivity contribution in [3.05, 3.63) is 33.8 Å².